The number of esters is 1. The summed E-state index contributed by atoms with van der Waals surface area (Å²) in [5.41, 5.74) is 0.398. The molecular weight excluding hydrogens is 466 g/mol. The largest absolute Gasteiger partial charge is 0.485 e. The highest BCUT2D eigenvalue weighted by molar-refractivity contribution is 9.13. The van der Waals surface area contributed by atoms with Crippen molar-refractivity contribution in [1.29, 1.82) is 0 Å². The highest BCUT2D eigenvalue weighted by atomic mass is 79.9. The van der Waals surface area contributed by atoms with Crippen LogP contribution in [0.2, 0.25) is 0 Å². The minimum Gasteiger partial charge on any atom is -0.485 e. The number of halogens is 2. The van der Waals surface area contributed by atoms with E-state index in [-0.39, 0.29) is 18.2 Å². The molecule has 144 valence electrons. The number of piperidine rings is 1. The van der Waals surface area contributed by atoms with Crippen molar-refractivity contribution in [3.63, 3.8) is 0 Å². The van der Waals surface area contributed by atoms with Crippen LogP contribution in [-0.4, -0.2) is 49.3 Å². The van der Waals surface area contributed by atoms with E-state index in [9.17, 15) is 4.79 Å². The fourth-order valence-electron chi connectivity index (χ4n) is 3.29. The summed E-state index contributed by atoms with van der Waals surface area (Å²) in [4.78, 5) is 15.3. The molecule has 0 spiro atoms. The highest BCUT2D eigenvalue weighted by Gasteiger charge is 2.31. The summed E-state index contributed by atoms with van der Waals surface area (Å²) < 4.78 is 18.8. The first-order valence-corrected chi connectivity index (χ1v) is 10.8. The summed E-state index contributed by atoms with van der Waals surface area (Å²) in [5.74, 6) is 0.670. The van der Waals surface area contributed by atoms with Crippen molar-refractivity contribution < 1.29 is 19.0 Å². The standard InChI is InChI=1S/C19H25Br2NO4/c1-3-4-7-22-8-5-13(6-9-22)26-19(23)16-17(21)14(20)10-15-18(16)24-11-12(2)25-15/h10,12-13H,3-9,11H2,1-2H3. The Hall–Kier alpha value is -0.790. The lowest BCUT2D eigenvalue weighted by molar-refractivity contribution is 0.0101. The SMILES string of the molecule is CCCCN1CCC(OC(=O)c2c(Br)c(Br)cc3c2OCC(C)O3)CC1. The maximum absolute atomic E-state index is 12.9. The Morgan fingerprint density at radius 2 is 2.08 bits per heavy atom. The van der Waals surface area contributed by atoms with Gasteiger partial charge in [-0.15, -0.1) is 0 Å². The minimum atomic E-state index is -0.361. The Labute approximate surface area is 171 Å². The molecule has 0 N–H and O–H groups in total. The van der Waals surface area contributed by atoms with E-state index in [0.29, 0.717) is 28.1 Å². The maximum atomic E-state index is 12.9. The lowest BCUT2D eigenvalue weighted by Gasteiger charge is -2.32. The average molecular weight is 491 g/mol. The smallest absolute Gasteiger partial charge is 0.343 e. The first-order chi connectivity index (χ1) is 12.5. The molecule has 0 amide bonds. The normalized spacial score (nSPS) is 20.8. The van der Waals surface area contributed by atoms with Gasteiger partial charge in [-0.1, -0.05) is 13.3 Å². The van der Waals surface area contributed by atoms with E-state index >= 15 is 0 Å². The molecule has 1 aromatic rings. The summed E-state index contributed by atoms with van der Waals surface area (Å²) in [6.07, 6.45) is 4.07. The molecule has 0 aliphatic carbocycles. The molecule has 2 aliphatic heterocycles. The van der Waals surface area contributed by atoms with E-state index in [1.165, 1.54) is 12.8 Å². The number of ether oxygens (including phenoxy) is 3. The van der Waals surface area contributed by atoms with Crippen LogP contribution in [0.3, 0.4) is 0 Å². The van der Waals surface area contributed by atoms with Gasteiger partial charge >= 0.3 is 5.97 Å². The predicted octanol–water partition coefficient (Wildman–Crippen LogP) is 4.79. The van der Waals surface area contributed by atoms with Gasteiger partial charge in [0.1, 0.15) is 24.4 Å². The van der Waals surface area contributed by atoms with Gasteiger partial charge in [-0.2, -0.15) is 0 Å². The van der Waals surface area contributed by atoms with Gasteiger partial charge in [0.15, 0.2) is 11.5 Å². The molecule has 2 aliphatic rings. The second-order valence-electron chi connectivity index (χ2n) is 6.91. The second kappa shape index (κ2) is 8.93. The summed E-state index contributed by atoms with van der Waals surface area (Å²) in [7, 11) is 0. The van der Waals surface area contributed by atoms with Crippen LogP contribution in [0, 0.1) is 0 Å². The lowest BCUT2D eigenvalue weighted by Crippen LogP contribution is -2.38. The third kappa shape index (κ3) is 4.54. The Bertz CT molecular complexity index is 659. The number of hydrogen-bond donors (Lipinski definition) is 0. The molecule has 1 unspecified atom stereocenters. The second-order valence-corrected chi connectivity index (χ2v) is 8.56. The zero-order valence-electron chi connectivity index (χ0n) is 15.2. The topological polar surface area (TPSA) is 48.0 Å². The fourth-order valence-corrected chi connectivity index (χ4v) is 4.16. The zero-order chi connectivity index (χ0) is 18.7. The number of rotatable bonds is 5. The third-order valence-corrected chi connectivity index (χ3v) is 6.75. The van der Waals surface area contributed by atoms with Crippen LogP contribution in [-0.2, 0) is 4.74 Å². The average Bonchev–Trinajstić information content (AvgIpc) is 2.62. The Kier molecular flexibility index (Phi) is 6.86. The summed E-state index contributed by atoms with van der Waals surface area (Å²) in [6, 6.07) is 1.82. The summed E-state index contributed by atoms with van der Waals surface area (Å²) in [6.45, 7) is 7.64. The molecular formula is C19H25Br2NO4. The fraction of sp³-hybridized carbons (Fsp3) is 0.632. The number of carbonyl (C=O) groups excluding carboxylic acids is 1. The van der Waals surface area contributed by atoms with Crippen LogP contribution >= 0.6 is 31.9 Å². The molecule has 0 saturated carbocycles. The van der Waals surface area contributed by atoms with Crippen molar-refractivity contribution in [3.05, 3.63) is 20.6 Å². The van der Waals surface area contributed by atoms with Gasteiger partial charge in [-0.3, -0.25) is 0 Å². The van der Waals surface area contributed by atoms with Gasteiger partial charge in [0.05, 0.1) is 4.47 Å². The number of unbranched alkanes of at least 4 members (excludes halogenated alkanes) is 1. The van der Waals surface area contributed by atoms with Crippen LogP contribution in [0.1, 0.15) is 49.9 Å². The molecule has 2 heterocycles. The van der Waals surface area contributed by atoms with Gasteiger partial charge < -0.3 is 19.1 Å². The molecule has 5 nitrogen and oxygen atoms in total. The first-order valence-electron chi connectivity index (χ1n) is 9.24. The molecule has 7 heteroatoms. The van der Waals surface area contributed by atoms with Gasteiger partial charge in [0.2, 0.25) is 0 Å². The van der Waals surface area contributed by atoms with Gasteiger partial charge in [-0.05, 0) is 70.7 Å². The third-order valence-electron chi connectivity index (χ3n) is 4.77. The van der Waals surface area contributed by atoms with E-state index < -0.39 is 0 Å². The van der Waals surface area contributed by atoms with Crippen LogP contribution < -0.4 is 9.47 Å². The molecule has 0 radical (unpaired) electrons. The first kappa shape index (κ1) is 20.0. The van der Waals surface area contributed by atoms with Gasteiger partial charge in [-0.25, -0.2) is 4.79 Å². The Balaban J connectivity index is 1.69. The molecule has 0 aromatic heterocycles. The lowest BCUT2D eigenvalue weighted by atomic mass is 10.1. The molecule has 3 rings (SSSR count). The van der Waals surface area contributed by atoms with Gasteiger partial charge in [0.25, 0.3) is 0 Å². The van der Waals surface area contributed by atoms with Crippen molar-refractivity contribution in [2.75, 3.05) is 26.2 Å². The van der Waals surface area contributed by atoms with Crippen LogP contribution in [0.5, 0.6) is 11.5 Å². The molecule has 1 saturated heterocycles. The van der Waals surface area contributed by atoms with E-state index in [1.54, 1.807) is 0 Å². The number of nitrogens with zero attached hydrogens (tertiary/aromatic N) is 1. The van der Waals surface area contributed by atoms with Crippen molar-refractivity contribution in [1.82, 2.24) is 4.90 Å². The summed E-state index contributed by atoms with van der Waals surface area (Å²) in [5, 5.41) is 0. The van der Waals surface area contributed by atoms with Gasteiger partial charge in [0, 0.05) is 17.6 Å². The molecule has 0 bridgehead atoms. The number of fused-ring (bicyclic) bond motifs is 1. The van der Waals surface area contributed by atoms with E-state index in [1.807, 2.05) is 13.0 Å². The molecule has 1 atom stereocenters. The predicted molar refractivity (Wildman–Crippen MR) is 107 cm³/mol. The zero-order valence-corrected chi connectivity index (χ0v) is 18.4. The number of hydrogen-bond acceptors (Lipinski definition) is 5. The van der Waals surface area contributed by atoms with Crippen LogP contribution in [0.4, 0.5) is 0 Å². The number of carbonyl (C=O) groups is 1. The summed E-state index contributed by atoms with van der Waals surface area (Å²) >= 11 is 6.96. The highest BCUT2D eigenvalue weighted by Crippen LogP contribution is 2.44. The van der Waals surface area contributed by atoms with Crippen LogP contribution in [0.25, 0.3) is 0 Å². The van der Waals surface area contributed by atoms with E-state index in [4.69, 9.17) is 14.2 Å². The van der Waals surface area contributed by atoms with Crippen molar-refractivity contribution in [3.8, 4) is 11.5 Å². The maximum Gasteiger partial charge on any atom is 0.343 e. The monoisotopic (exact) mass is 489 g/mol. The van der Waals surface area contributed by atoms with E-state index in [0.717, 1.165) is 36.9 Å². The van der Waals surface area contributed by atoms with Crippen molar-refractivity contribution in [2.45, 2.75) is 51.7 Å². The van der Waals surface area contributed by atoms with Crippen molar-refractivity contribution in [2.24, 2.45) is 0 Å². The molecule has 1 fully saturated rings. The quantitative estimate of drug-likeness (QED) is 0.555. The number of likely N-dealkylation sites (tertiary alicyclic amines) is 1. The molecule has 26 heavy (non-hydrogen) atoms. The van der Waals surface area contributed by atoms with Crippen molar-refractivity contribution >= 4 is 37.8 Å². The number of benzene rings is 1. The van der Waals surface area contributed by atoms with E-state index in [2.05, 4.69) is 43.7 Å². The van der Waals surface area contributed by atoms with Crippen LogP contribution in [0.15, 0.2) is 15.0 Å². The Morgan fingerprint density at radius 3 is 2.77 bits per heavy atom. The molecule has 1 aromatic carbocycles. The minimum absolute atomic E-state index is 0.0492. The Morgan fingerprint density at radius 1 is 1.35 bits per heavy atom.